The predicted molar refractivity (Wildman–Crippen MR) is 66.4 cm³/mol. The van der Waals surface area contributed by atoms with Crippen molar-refractivity contribution in [2.45, 2.75) is 38.6 Å². The average molecular weight is 277 g/mol. The van der Waals surface area contributed by atoms with Crippen LogP contribution < -0.4 is 11.3 Å². The Kier molecular flexibility index (Phi) is 5.70. The second kappa shape index (κ2) is 6.56. The van der Waals surface area contributed by atoms with Gasteiger partial charge in [-0.2, -0.15) is 0 Å². The van der Waals surface area contributed by atoms with Gasteiger partial charge < -0.3 is 0 Å². The molecule has 0 radical (unpaired) electrons. The molecular formula is C10H17BrN2S. The molecule has 0 fully saturated rings. The molecule has 1 aromatic heterocycles. The number of halogens is 1. The summed E-state index contributed by atoms with van der Waals surface area (Å²) in [5.74, 6) is 5.51. The normalized spacial score (nSPS) is 13.1. The van der Waals surface area contributed by atoms with Gasteiger partial charge in [-0.1, -0.05) is 19.8 Å². The lowest BCUT2D eigenvalue weighted by molar-refractivity contribution is 0.476. The van der Waals surface area contributed by atoms with Crippen molar-refractivity contribution in [3.05, 3.63) is 20.8 Å². The van der Waals surface area contributed by atoms with Crippen molar-refractivity contribution in [3.63, 3.8) is 0 Å². The minimum absolute atomic E-state index is 0.417. The van der Waals surface area contributed by atoms with Crippen LogP contribution in [0.15, 0.2) is 15.9 Å². The van der Waals surface area contributed by atoms with Gasteiger partial charge in [0.1, 0.15) is 0 Å². The molecule has 4 heteroatoms. The van der Waals surface area contributed by atoms with E-state index < -0.39 is 0 Å². The van der Waals surface area contributed by atoms with Crippen LogP contribution >= 0.6 is 27.3 Å². The third-order valence-corrected chi connectivity index (χ3v) is 3.86. The Labute approximate surface area is 98.0 Å². The van der Waals surface area contributed by atoms with Gasteiger partial charge in [0.25, 0.3) is 0 Å². The highest BCUT2D eigenvalue weighted by Gasteiger charge is 2.08. The summed E-state index contributed by atoms with van der Waals surface area (Å²) < 4.78 is 1.19. The Balaban J connectivity index is 2.40. The van der Waals surface area contributed by atoms with E-state index in [1.807, 2.05) is 0 Å². The van der Waals surface area contributed by atoms with Crippen LogP contribution in [-0.2, 0) is 6.42 Å². The second-order valence-electron chi connectivity index (χ2n) is 3.42. The van der Waals surface area contributed by atoms with Crippen molar-refractivity contribution in [2.24, 2.45) is 5.84 Å². The van der Waals surface area contributed by atoms with Gasteiger partial charge in [-0.05, 0) is 40.9 Å². The van der Waals surface area contributed by atoms with E-state index in [0.717, 1.165) is 12.8 Å². The number of nitrogens with one attached hydrogen (secondary N) is 1. The Morgan fingerprint density at radius 1 is 1.57 bits per heavy atom. The lowest BCUT2D eigenvalue weighted by Crippen LogP contribution is -2.36. The van der Waals surface area contributed by atoms with Gasteiger partial charge in [-0.25, -0.2) is 0 Å². The number of rotatable bonds is 6. The predicted octanol–water partition coefficient (Wildman–Crippen LogP) is 3.08. The van der Waals surface area contributed by atoms with E-state index in [9.17, 15) is 0 Å². The van der Waals surface area contributed by atoms with Crippen LogP contribution in [0.1, 0.15) is 31.1 Å². The Bertz CT molecular complexity index is 262. The highest BCUT2D eigenvalue weighted by molar-refractivity contribution is 9.11. The quantitative estimate of drug-likeness (QED) is 0.619. The van der Waals surface area contributed by atoms with Crippen molar-refractivity contribution in [1.82, 2.24) is 5.43 Å². The molecule has 1 unspecified atom stereocenters. The largest absolute Gasteiger partial charge is 0.271 e. The van der Waals surface area contributed by atoms with Crippen LogP contribution in [0.3, 0.4) is 0 Å². The smallest absolute Gasteiger partial charge is 0.0701 e. The monoisotopic (exact) mass is 276 g/mol. The van der Waals surface area contributed by atoms with Gasteiger partial charge in [0, 0.05) is 10.9 Å². The van der Waals surface area contributed by atoms with Crippen LogP contribution in [-0.4, -0.2) is 6.04 Å². The van der Waals surface area contributed by atoms with Gasteiger partial charge in [-0.15, -0.1) is 11.3 Å². The fraction of sp³-hybridized carbons (Fsp3) is 0.600. The first-order valence-corrected chi connectivity index (χ1v) is 6.57. The van der Waals surface area contributed by atoms with Crippen molar-refractivity contribution in [3.8, 4) is 0 Å². The highest BCUT2D eigenvalue weighted by atomic mass is 79.9. The number of hydrazine groups is 1. The van der Waals surface area contributed by atoms with Crippen molar-refractivity contribution in [1.29, 1.82) is 0 Å². The summed E-state index contributed by atoms with van der Waals surface area (Å²) in [6, 6.07) is 4.67. The molecular weight excluding hydrogens is 260 g/mol. The summed E-state index contributed by atoms with van der Waals surface area (Å²) in [5.41, 5.74) is 2.89. The van der Waals surface area contributed by atoms with E-state index in [4.69, 9.17) is 5.84 Å². The van der Waals surface area contributed by atoms with Crippen LogP contribution in [0.25, 0.3) is 0 Å². The summed E-state index contributed by atoms with van der Waals surface area (Å²) in [6.07, 6.45) is 4.66. The fourth-order valence-electron chi connectivity index (χ4n) is 1.40. The second-order valence-corrected chi connectivity index (χ2v) is 5.96. The standard InChI is InChI=1S/C10H17BrN2S/c1-2-3-4-8(13-12)7-9-5-6-10(11)14-9/h5-6,8,13H,2-4,7,12H2,1H3. The lowest BCUT2D eigenvalue weighted by atomic mass is 10.1. The average Bonchev–Trinajstić information content (AvgIpc) is 2.58. The van der Waals surface area contributed by atoms with Gasteiger partial charge in [0.2, 0.25) is 0 Å². The zero-order valence-electron chi connectivity index (χ0n) is 8.42. The van der Waals surface area contributed by atoms with Gasteiger partial charge in [-0.3, -0.25) is 11.3 Å². The third-order valence-electron chi connectivity index (χ3n) is 2.22. The molecule has 0 spiro atoms. The van der Waals surface area contributed by atoms with Crippen LogP contribution in [0.2, 0.25) is 0 Å². The van der Waals surface area contributed by atoms with Gasteiger partial charge >= 0.3 is 0 Å². The first-order chi connectivity index (χ1) is 6.76. The van der Waals surface area contributed by atoms with Gasteiger partial charge in [0.05, 0.1) is 3.79 Å². The number of nitrogens with two attached hydrogens (primary N) is 1. The number of unbranched alkanes of at least 4 members (excludes halogenated alkanes) is 1. The van der Waals surface area contributed by atoms with Crippen molar-refractivity contribution in [2.75, 3.05) is 0 Å². The summed E-state index contributed by atoms with van der Waals surface area (Å²) in [5, 5.41) is 0. The highest BCUT2D eigenvalue weighted by Crippen LogP contribution is 2.23. The molecule has 0 aliphatic carbocycles. The van der Waals surface area contributed by atoms with Crippen LogP contribution in [0.4, 0.5) is 0 Å². The minimum Gasteiger partial charge on any atom is -0.271 e. The van der Waals surface area contributed by atoms with E-state index in [2.05, 4.69) is 40.4 Å². The van der Waals surface area contributed by atoms with Gasteiger partial charge in [0.15, 0.2) is 0 Å². The molecule has 1 heterocycles. The molecule has 1 aromatic rings. The van der Waals surface area contributed by atoms with Crippen molar-refractivity contribution < 1.29 is 0 Å². The van der Waals surface area contributed by atoms with Crippen molar-refractivity contribution >= 4 is 27.3 Å². The molecule has 1 atom stereocenters. The Morgan fingerprint density at radius 3 is 2.86 bits per heavy atom. The molecule has 0 aromatic carbocycles. The molecule has 14 heavy (non-hydrogen) atoms. The van der Waals surface area contributed by atoms with E-state index >= 15 is 0 Å². The number of hydrogen-bond donors (Lipinski definition) is 2. The van der Waals surface area contributed by atoms with E-state index in [1.54, 1.807) is 11.3 Å². The summed E-state index contributed by atoms with van der Waals surface area (Å²) in [7, 11) is 0. The molecule has 0 aliphatic rings. The first kappa shape index (κ1) is 12.2. The molecule has 0 saturated carbocycles. The lowest BCUT2D eigenvalue weighted by Gasteiger charge is -2.13. The molecule has 2 nitrogen and oxygen atoms in total. The van der Waals surface area contributed by atoms with Crippen LogP contribution in [0, 0.1) is 0 Å². The maximum absolute atomic E-state index is 5.51. The van der Waals surface area contributed by atoms with E-state index in [0.29, 0.717) is 6.04 Å². The maximum atomic E-state index is 5.51. The van der Waals surface area contributed by atoms with E-state index in [-0.39, 0.29) is 0 Å². The summed E-state index contributed by atoms with van der Waals surface area (Å²) in [6.45, 7) is 2.20. The zero-order chi connectivity index (χ0) is 10.4. The molecule has 0 aliphatic heterocycles. The Morgan fingerprint density at radius 2 is 2.36 bits per heavy atom. The fourth-order valence-corrected chi connectivity index (χ4v) is 2.96. The molecule has 80 valence electrons. The van der Waals surface area contributed by atoms with E-state index in [1.165, 1.54) is 21.5 Å². The maximum Gasteiger partial charge on any atom is 0.0701 e. The summed E-state index contributed by atoms with van der Waals surface area (Å²) >= 11 is 5.25. The minimum atomic E-state index is 0.417. The SMILES string of the molecule is CCCCC(Cc1ccc(Br)s1)NN. The number of hydrogen-bond acceptors (Lipinski definition) is 3. The number of thiophene rings is 1. The summed E-state index contributed by atoms with van der Waals surface area (Å²) in [4.78, 5) is 1.39. The molecule has 0 amide bonds. The van der Waals surface area contributed by atoms with Crippen LogP contribution in [0.5, 0.6) is 0 Å². The third kappa shape index (κ3) is 4.09. The first-order valence-electron chi connectivity index (χ1n) is 4.96. The molecule has 1 rings (SSSR count). The molecule has 0 saturated heterocycles. The zero-order valence-corrected chi connectivity index (χ0v) is 10.8. The molecule has 3 N–H and O–H groups in total. The topological polar surface area (TPSA) is 38.0 Å². The molecule has 0 bridgehead atoms. The Hall–Kier alpha value is 0.1000.